The second kappa shape index (κ2) is 6.35. The Kier molecular flexibility index (Phi) is 4.79. The smallest absolute Gasteiger partial charge is 0.0655 e. The number of rotatable bonds is 4. The number of hydrogen-bond donors (Lipinski definition) is 1. The molecule has 1 heterocycles. The van der Waals surface area contributed by atoms with Gasteiger partial charge in [0.15, 0.2) is 0 Å². The SMILES string of the molecule is CC(C)c1ccc(C(CN)C2CCCCO2)cc1. The summed E-state index contributed by atoms with van der Waals surface area (Å²) < 4.78 is 5.88. The third-order valence-electron chi connectivity index (χ3n) is 3.95. The standard InChI is InChI=1S/C16H25NO/c1-12(2)13-6-8-14(9-7-13)15(11-17)16-5-3-4-10-18-16/h6-9,12,15-16H,3-5,10-11,17H2,1-2H3. The number of benzene rings is 1. The molecule has 2 heteroatoms. The summed E-state index contributed by atoms with van der Waals surface area (Å²) in [5.41, 5.74) is 8.67. The summed E-state index contributed by atoms with van der Waals surface area (Å²) in [6.45, 7) is 6.01. The van der Waals surface area contributed by atoms with Gasteiger partial charge in [-0.3, -0.25) is 0 Å². The van der Waals surface area contributed by atoms with Crippen molar-refractivity contribution in [1.82, 2.24) is 0 Å². The summed E-state index contributed by atoms with van der Waals surface area (Å²) in [7, 11) is 0. The van der Waals surface area contributed by atoms with E-state index in [2.05, 4.69) is 38.1 Å². The lowest BCUT2D eigenvalue weighted by atomic mass is 9.88. The van der Waals surface area contributed by atoms with Crippen LogP contribution in [0.3, 0.4) is 0 Å². The highest BCUT2D eigenvalue weighted by molar-refractivity contribution is 5.28. The predicted octanol–water partition coefficient (Wildman–Crippen LogP) is 3.42. The van der Waals surface area contributed by atoms with Crippen LogP contribution in [0.2, 0.25) is 0 Å². The van der Waals surface area contributed by atoms with E-state index in [0.717, 1.165) is 13.0 Å². The number of nitrogens with two attached hydrogens (primary N) is 1. The lowest BCUT2D eigenvalue weighted by molar-refractivity contribution is 0.000579. The third kappa shape index (κ3) is 3.12. The molecule has 0 spiro atoms. The van der Waals surface area contributed by atoms with Crippen molar-refractivity contribution in [3.63, 3.8) is 0 Å². The number of hydrogen-bond acceptors (Lipinski definition) is 2. The molecule has 1 saturated heterocycles. The van der Waals surface area contributed by atoms with E-state index in [0.29, 0.717) is 24.5 Å². The van der Waals surface area contributed by atoms with Gasteiger partial charge in [-0.15, -0.1) is 0 Å². The molecule has 0 radical (unpaired) electrons. The fourth-order valence-electron chi connectivity index (χ4n) is 2.71. The van der Waals surface area contributed by atoms with Crippen molar-refractivity contribution in [3.8, 4) is 0 Å². The van der Waals surface area contributed by atoms with Gasteiger partial charge >= 0.3 is 0 Å². The minimum atomic E-state index is 0.314. The van der Waals surface area contributed by atoms with Crippen molar-refractivity contribution in [2.75, 3.05) is 13.2 Å². The monoisotopic (exact) mass is 247 g/mol. The molecule has 1 aliphatic rings. The average molecular weight is 247 g/mol. The van der Waals surface area contributed by atoms with E-state index >= 15 is 0 Å². The lowest BCUT2D eigenvalue weighted by Gasteiger charge is -2.30. The Morgan fingerprint density at radius 1 is 1.17 bits per heavy atom. The zero-order chi connectivity index (χ0) is 13.0. The maximum atomic E-state index is 5.95. The molecule has 0 aliphatic carbocycles. The van der Waals surface area contributed by atoms with Crippen molar-refractivity contribution in [3.05, 3.63) is 35.4 Å². The highest BCUT2D eigenvalue weighted by Gasteiger charge is 2.24. The Bertz CT molecular complexity index is 352. The maximum absolute atomic E-state index is 5.95. The van der Waals surface area contributed by atoms with Crippen LogP contribution in [0.4, 0.5) is 0 Å². The Hall–Kier alpha value is -0.860. The Morgan fingerprint density at radius 3 is 2.33 bits per heavy atom. The van der Waals surface area contributed by atoms with E-state index < -0.39 is 0 Å². The zero-order valence-corrected chi connectivity index (χ0v) is 11.6. The highest BCUT2D eigenvalue weighted by atomic mass is 16.5. The van der Waals surface area contributed by atoms with Gasteiger partial charge < -0.3 is 10.5 Å². The Morgan fingerprint density at radius 2 is 1.83 bits per heavy atom. The quantitative estimate of drug-likeness (QED) is 0.884. The second-order valence-corrected chi connectivity index (χ2v) is 5.57. The molecule has 2 unspecified atom stereocenters. The van der Waals surface area contributed by atoms with E-state index in [1.54, 1.807) is 0 Å². The van der Waals surface area contributed by atoms with E-state index in [1.807, 2.05) is 0 Å². The first-order chi connectivity index (χ1) is 8.72. The van der Waals surface area contributed by atoms with Crippen LogP contribution in [-0.2, 0) is 4.74 Å². The molecule has 2 atom stereocenters. The minimum absolute atomic E-state index is 0.314. The summed E-state index contributed by atoms with van der Waals surface area (Å²) in [5, 5.41) is 0. The van der Waals surface area contributed by atoms with Crippen molar-refractivity contribution in [1.29, 1.82) is 0 Å². The molecular weight excluding hydrogens is 222 g/mol. The van der Waals surface area contributed by atoms with Gasteiger partial charge in [0.2, 0.25) is 0 Å². The highest BCUT2D eigenvalue weighted by Crippen LogP contribution is 2.28. The van der Waals surface area contributed by atoms with Gasteiger partial charge in [-0.25, -0.2) is 0 Å². The maximum Gasteiger partial charge on any atom is 0.0655 e. The normalized spacial score (nSPS) is 22.1. The molecule has 1 aliphatic heterocycles. The van der Waals surface area contributed by atoms with Gasteiger partial charge in [0.1, 0.15) is 0 Å². The van der Waals surface area contributed by atoms with Gasteiger partial charge in [0.25, 0.3) is 0 Å². The van der Waals surface area contributed by atoms with E-state index in [-0.39, 0.29) is 0 Å². The molecule has 1 fully saturated rings. The first-order valence-corrected chi connectivity index (χ1v) is 7.14. The topological polar surface area (TPSA) is 35.2 Å². The van der Waals surface area contributed by atoms with Gasteiger partial charge in [0, 0.05) is 19.1 Å². The van der Waals surface area contributed by atoms with Crippen LogP contribution >= 0.6 is 0 Å². The van der Waals surface area contributed by atoms with Crippen LogP contribution in [-0.4, -0.2) is 19.3 Å². The summed E-state index contributed by atoms with van der Waals surface area (Å²) >= 11 is 0. The van der Waals surface area contributed by atoms with Crippen molar-refractivity contribution in [2.45, 2.75) is 51.0 Å². The molecule has 1 aromatic carbocycles. The fraction of sp³-hybridized carbons (Fsp3) is 0.625. The molecule has 2 N–H and O–H groups in total. The molecule has 1 aromatic rings. The summed E-state index contributed by atoms with van der Waals surface area (Å²) in [4.78, 5) is 0. The largest absolute Gasteiger partial charge is 0.378 e. The summed E-state index contributed by atoms with van der Waals surface area (Å²) in [6, 6.07) is 8.91. The fourth-order valence-corrected chi connectivity index (χ4v) is 2.71. The molecular formula is C16H25NO. The average Bonchev–Trinajstić information content (AvgIpc) is 2.41. The predicted molar refractivity (Wildman–Crippen MR) is 75.9 cm³/mol. The Balaban J connectivity index is 2.11. The third-order valence-corrected chi connectivity index (χ3v) is 3.95. The van der Waals surface area contributed by atoms with Gasteiger partial charge in [-0.2, -0.15) is 0 Å². The van der Waals surface area contributed by atoms with Crippen molar-refractivity contribution in [2.24, 2.45) is 5.73 Å². The first kappa shape index (κ1) is 13.6. The van der Waals surface area contributed by atoms with Gasteiger partial charge in [0.05, 0.1) is 6.10 Å². The van der Waals surface area contributed by atoms with Crippen LogP contribution in [0.25, 0.3) is 0 Å². The molecule has 2 rings (SSSR count). The van der Waals surface area contributed by atoms with Crippen LogP contribution in [0.1, 0.15) is 56.1 Å². The Labute approximate surface area is 111 Å². The first-order valence-electron chi connectivity index (χ1n) is 7.14. The number of ether oxygens (including phenoxy) is 1. The zero-order valence-electron chi connectivity index (χ0n) is 11.6. The van der Waals surface area contributed by atoms with E-state index in [1.165, 1.54) is 24.0 Å². The molecule has 0 saturated carbocycles. The second-order valence-electron chi connectivity index (χ2n) is 5.57. The van der Waals surface area contributed by atoms with Gasteiger partial charge in [-0.1, -0.05) is 38.1 Å². The lowest BCUT2D eigenvalue weighted by Crippen LogP contribution is -2.31. The van der Waals surface area contributed by atoms with Crippen molar-refractivity contribution >= 4 is 0 Å². The molecule has 0 amide bonds. The van der Waals surface area contributed by atoms with Crippen LogP contribution in [0, 0.1) is 0 Å². The summed E-state index contributed by atoms with van der Waals surface area (Å²) in [5.74, 6) is 0.938. The molecule has 0 bridgehead atoms. The molecule has 18 heavy (non-hydrogen) atoms. The molecule has 100 valence electrons. The summed E-state index contributed by atoms with van der Waals surface area (Å²) in [6.07, 6.45) is 3.92. The van der Waals surface area contributed by atoms with Gasteiger partial charge in [-0.05, 0) is 36.3 Å². The van der Waals surface area contributed by atoms with Crippen LogP contribution in [0.5, 0.6) is 0 Å². The molecule has 0 aromatic heterocycles. The molecule has 2 nitrogen and oxygen atoms in total. The van der Waals surface area contributed by atoms with E-state index in [4.69, 9.17) is 10.5 Å². The van der Waals surface area contributed by atoms with Crippen LogP contribution < -0.4 is 5.73 Å². The van der Waals surface area contributed by atoms with Crippen molar-refractivity contribution < 1.29 is 4.74 Å². The van der Waals surface area contributed by atoms with Crippen LogP contribution in [0.15, 0.2) is 24.3 Å². The van der Waals surface area contributed by atoms with E-state index in [9.17, 15) is 0 Å². The minimum Gasteiger partial charge on any atom is -0.378 e.